The number of carbonyl (C=O) groups is 1. The topological polar surface area (TPSA) is 32.3 Å². The second kappa shape index (κ2) is 8.19. The molecule has 0 aliphatic carbocycles. The summed E-state index contributed by atoms with van der Waals surface area (Å²) < 4.78 is 0. The van der Waals surface area contributed by atoms with Gasteiger partial charge in [0.15, 0.2) is 0 Å². The normalized spacial score (nSPS) is 17.8. The lowest BCUT2D eigenvalue weighted by Gasteiger charge is -2.31. The van der Waals surface area contributed by atoms with Crippen LogP contribution in [0.5, 0.6) is 0 Å². The molecular weight excluding hydrogens is 308 g/mol. The number of hydrogen-bond acceptors (Lipinski definition) is 1. The lowest BCUT2D eigenvalue weighted by Crippen LogP contribution is -2.38. The Bertz CT molecular complexity index is 725. The van der Waals surface area contributed by atoms with Crippen molar-refractivity contribution < 1.29 is 4.79 Å². The Kier molecular flexibility index (Phi) is 5.75. The largest absolute Gasteiger partial charge is 0.322 e. The minimum absolute atomic E-state index is 0.0225. The van der Waals surface area contributed by atoms with Crippen LogP contribution >= 0.6 is 0 Å². The molecule has 1 saturated heterocycles. The summed E-state index contributed by atoms with van der Waals surface area (Å²) in [6, 6.07) is 16.8. The lowest BCUT2D eigenvalue weighted by molar-refractivity contribution is 0.189. The van der Waals surface area contributed by atoms with E-state index in [1.807, 2.05) is 23.1 Å². The van der Waals surface area contributed by atoms with Gasteiger partial charge in [0.1, 0.15) is 0 Å². The van der Waals surface area contributed by atoms with Crippen LogP contribution in [0.4, 0.5) is 10.5 Å². The summed E-state index contributed by atoms with van der Waals surface area (Å²) in [5.41, 5.74) is 4.61. The van der Waals surface area contributed by atoms with Crippen LogP contribution in [0, 0.1) is 6.92 Å². The quantitative estimate of drug-likeness (QED) is 0.765. The van der Waals surface area contributed by atoms with Gasteiger partial charge in [-0.05, 0) is 43.4 Å². The zero-order valence-corrected chi connectivity index (χ0v) is 15.3. The number of urea groups is 1. The third-order valence-corrected chi connectivity index (χ3v) is 5.08. The Labute approximate surface area is 151 Å². The van der Waals surface area contributed by atoms with Crippen LogP contribution in [-0.2, 0) is 6.42 Å². The van der Waals surface area contributed by atoms with E-state index in [2.05, 4.69) is 49.5 Å². The van der Waals surface area contributed by atoms with Crippen molar-refractivity contribution in [3.63, 3.8) is 0 Å². The number of amides is 2. The first kappa shape index (κ1) is 17.5. The predicted molar refractivity (Wildman–Crippen MR) is 104 cm³/mol. The molecule has 1 heterocycles. The molecule has 0 unspecified atom stereocenters. The number of anilines is 1. The van der Waals surface area contributed by atoms with E-state index in [0.29, 0.717) is 0 Å². The van der Waals surface area contributed by atoms with Crippen molar-refractivity contribution in [2.45, 2.75) is 52.0 Å². The van der Waals surface area contributed by atoms with E-state index in [9.17, 15) is 4.79 Å². The van der Waals surface area contributed by atoms with Gasteiger partial charge >= 0.3 is 6.03 Å². The average Bonchev–Trinajstić information content (AvgIpc) is 2.88. The molecule has 3 nitrogen and oxygen atoms in total. The number of hydrogen-bond donors (Lipinski definition) is 1. The summed E-state index contributed by atoms with van der Waals surface area (Å²) in [6.07, 6.45) is 5.39. The predicted octanol–water partition coefficient (Wildman–Crippen LogP) is 5.71. The summed E-state index contributed by atoms with van der Waals surface area (Å²) in [5, 5.41) is 3.16. The fraction of sp³-hybridized carbons (Fsp3) is 0.409. The highest BCUT2D eigenvalue weighted by Gasteiger charge is 2.27. The SMILES string of the molecule is CCc1ccccc1NC(=O)N1CCCCC[C@H]1c1cccc(C)c1. The Balaban J connectivity index is 1.84. The van der Waals surface area contributed by atoms with Crippen molar-refractivity contribution in [1.82, 2.24) is 4.90 Å². The summed E-state index contributed by atoms with van der Waals surface area (Å²) >= 11 is 0. The van der Waals surface area contributed by atoms with Gasteiger partial charge in [-0.25, -0.2) is 4.79 Å². The molecule has 25 heavy (non-hydrogen) atoms. The zero-order valence-electron chi connectivity index (χ0n) is 15.3. The monoisotopic (exact) mass is 336 g/mol. The van der Waals surface area contributed by atoms with Gasteiger partial charge in [-0.1, -0.05) is 67.8 Å². The van der Waals surface area contributed by atoms with Gasteiger partial charge in [0.05, 0.1) is 6.04 Å². The summed E-state index contributed by atoms with van der Waals surface area (Å²) in [7, 11) is 0. The molecule has 1 fully saturated rings. The number of nitrogens with zero attached hydrogens (tertiary/aromatic N) is 1. The molecule has 132 valence electrons. The molecule has 1 aliphatic heterocycles. The third-order valence-electron chi connectivity index (χ3n) is 5.08. The highest BCUT2D eigenvalue weighted by atomic mass is 16.2. The minimum Gasteiger partial charge on any atom is -0.317 e. The molecule has 0 bridgehead atoms. The molecular formula is C22H28N2O. The Morgan fingerprint density at radius 2 is 1.96 bits per heavy atom. The van der Waals surface area contributed by atoms with Crippen LogP contribution in [-0.4, -0.2) is 17.5 Å². The van der Waals surface area contributed by atoms with E-state index < -0.39 is 0 Å². The summed E-state index contributed by atoms with van der Waals surface area (Å²) in [4.78, 5) is 15.1. The molecule has 2 aromatic carbocycles. The molecule has 0 aromatic heterocycles. The Morgan fingerprint density at radius 1 is 1.12 bits per heavy atom. The van der Waals surface area contributed by atoms with Gasteiger partial charge in [0.25, 0.3) is 0 Å². The van der Waals surface area contributed by atoms with Gasteiger partial charge in [-0.2, -0.15) is 0 Å². The smallest absolute Gasteiger partial charge is 0.317 e. The number of nitrogens with one attached hydrogen (secondary N) is 1. The van der Waals surface area contributed by atoms with Crippen LogP contribution in [0.15, 0.2) is 48.5 Å². The van der Waals surface area contributed by atoms with E-state index in [0.717, 1.165) is 31.5 Å². The van der Waals surface area contributed by atoms with Crippen LogP contribution in [0.2, 0.25) is 0 Å². The molecule has 1 aliphatic rings. The molecule has 2 aromatic rings. The van der Waals surface area contributed by atoms with Gasteiger partial charge in [0.2, 0.25) is 0 Å². The van der Waals surface area contributed by atoms with E-state index in [4.69, 9.17) is 0 Å². The van der Waals surface area contributed by atoms with E-state index in [1.165, 1.54) is 29.5 Å². The van der Waals surface area contributed by atoms with Gasteiger partial charge in [-0.15, -0.1) is 0 Å². The molecule has 3 heteroatoms. The molecule has 1 N–H and O–H groups in total. The summed E-state index contributed by atoms with van der Waals surface area (Å²) in [5.74, 6) is 0. The van der Waals surface area contributed by atoms with Crippen molar-refractivity contribution in [2.24, 2.45) is 0 Å². The minimum atomic E-state index is 0.0225. The van der Waals surface area contributed by atoms with Crippen LogP contribution < -0.4 is 5.32 Å². The van der Waals surface area contributed by atoms with Crippen molar-refractivity contribution in [2.75, 3.05) is 11.9 Å². The number of benzene rings is 2. The number of carbonyl (C=O) groups excluding carboxylic acids is 1. The van der Waals surface area contributed by atoms with Crippen LogP contribution in [0.3, 0.4) is 0 Å². The van der Waals surface area contributed by atoms with E-state index in [-0.39, 0.29) is 12.1 Å². The lowest BCUT2D eigenvalue weighted by atomic mass is 9.99. The highest BCUT2D eigenvalue weighted by Crippen LogP contribution is 2.31. The maximum absolute atomic E-state index is 13.1. The highest BCUT2D eigenvalue weighted by molar-refractivity contribution is 5.90. The second-order valence-corrected chi connectivity index (χ2v) is 6.91. The molecule has 2 amide bonds. The van der Waals surface area contributed by atoms with E-state index in [1.54, 1.807) is 0 Å². The standard InChI is InChI=1S/C22H28N2O/c1-3-18-11-6-7-13-20(18)23-22(25)24-15-8-4-5-14-21(24)19-12-9-10-17(2)16-19/h6-7,9-13,16,21H,3-5,8,14-15H2,1-2H3,(H,23,25)/t21-/m0/s1. The second-order valence-electron chi connectivity index (χ2n) is 6.91. The van der Waals surface area contributed by atoms with Crippen molar-refractivity contribution in [1.29, 1.82) is 0 Å². The average molecular weight is 336 g/mol. The molecule has 0 saturated carbocycles. The molecule has 1 atom stereocenters. The first-order valence-corrected chi connectivity index (χ1v) is 9.41. The Hall–Kier alpha value is -2.29. The maximum atomic E-state index is 13.1. The van der Waals surface area contributed by atoms with Crippen molar-refractivity contribution >= 4 is 11.7 Å². The molecule has 0 radical (unpaired) electrons. The number of likely N-dealkylation sites (tertiary alicyclic amines) is 1. The first-order valence-electron chi connectivity index (χ1n) is 9.41. The Morgan fingerprint density at radius 3 is 2.76 bits per heavy atom. The summed E-state index contributed by atoms with van der Waals surface area (Å²) in [6.45, 7) is 5.05. The number of rotatable bonds is 3. The van der Waals surface area contributed by atoms with E-state index >= 15 is 0 Å². The first-order chi connectivity index (χ1) is 12.2. The van der Waals surface area contributed by atoms with Gasteiger partial charge < -0.3 is 10.2 Å². The van der Waals surface area contributed by atoms with Crippen LogP contribution in [0.1, 0.15) is 55.3 Å². The van der Waals surface area contributed by atoms with Gasteiger partial charge in [0, 0.05) is 12.2 Å². The van der Waals surface area contributed by atoms with Crippen LogP contribution in [0.25, 0.3) is 0 Å². The molecule has 0 spiro atoms. The third kappa shape index (κ3) is 4.22. The fourth-order valence-electron chi connectivity index (χ4n) is 3.71. The number of para-hydroxylation sites is 1. The van der Waals surface area contributed by atoms with Crippen molar-refractivity contribution in [3.8, 4) is 0 Å². The zero-order chi connectivity index (χ0) is 17.6. The fourth-order valence-corrected chi connectivity index (χ4v) is 3.71. The van der Waals surface area contributed by atoms with Crippen molar-refractivity contribution in [3.05, 3.63) is 65.2 Å². The number of aryl methyl sites for hydroxylation is 2. The van der Waals surface area contributed by atoms with Gasteiger partial charge in [-0.3, -0.25) is 0 Å². The molecule has 3 rings (SSSR count). The maximum Gasteiger partial charge on any atom is 0.322 e.